The Morgan fingerprint density at radius 2 is 1.78 bits per heavy atom. The summed E-state index contributed by atoms with van der Waals surface area (Å²) >= 11 is 0. The van der Waals surface area contributed by atoms with Crippen LogP contribution in [-0.4, -0.2) is 16.7 Å². The third-order valence-electron chi connectivity index (χ3n) is 5.40. The number of amides is 2. The molecule has 140 valence electrons. The van der Waals surface area contributed by atoms with E-state index >= 15 is 0 Å². The molecule has 2 aromatic carbocycles. The van der Waals surface area contributed by atoms with E-state index in [0.29, 0.717) is 6.07 Å². The smallest absolute Gasteiger partial charge is 0.278 e. The molecule has 1 saturated carbocycles. The number of likely N-dealkylation sites (tertiary alicyclic amines) is 1. The van der Waals surface area contributed by atoms with Gasteiger partial charge in [-0.25, -0.2) is 4.39 Å². The molecule has 1 heterocycles. The van der Waals surface area contributed by atoms with E-state index in [9.17, 15) is 27.2 Å². The van der Waals surface area contributed by atoms with Gasteiger partial charge in [-0.1, -0.05) is 36.4 Å². The van der Waals surface area contributed by atoms with Crippen molar-refractivity contribution < 1.29 is 27.2 Å². The Morgan fingerprint density at radius 1 is 1.07 bits per heavy atom. The number of benzene rings is 2. The molecule has 2 aromatic rings. The molecule has 0 radical (unpaired) electrons. The summed E-state index contributed by atoms with van der Waals surface area (Å²) in [5.41, 5.74) is -1.23. The molecule has 1 aliphatic carbocycles. The van der Waals surface area contributed by atoms with Crippen molar-refractivity contribution >= 4 is 11.8 Å². The summed E-state index contributed by atoms with van der Waals surface area (Å²) in [6.45, 7) is 0.141. The van der Waals surface area contributed by atoms with Gasteiger partial charge in [0.05, 0.1) is 17.5 Å². The lowest BCUT2D eigenvalue weighted by Gasteiger charge is -2.15. The largest absolute Gasteiger partial charge is 0.416 e. The number of alkyl halides is 3. The van der Waals surface area contributed by atoms with Gasteiger partial charge in [0.25, 0.3) is 0 Å². The van der Waals surface area contributed by atoms with Gasteiger partial charge in [-0.2, -0.15) is 13.2 Å². The van der Waals surface area contributed by atoms with Crippen LogP contribution < -0.4 is 0 Å². The van der Waals surface area contributed by atoms with Crippen LogP contribution in [0.25, 0.3) is 0 Å². The fraction of sp³-hybridized carbons (Fsp3) is 0.300. The van der Waals surface area contributed by atoms with Crippen molar-refractivity contribution in [2.75, 3.05) is 0 Å². The van der Waals surface area contributed by atoms with Gasteiger partial charge in [0, 0.05) is 12.3 Å². The maximum atomic E-state index is 14.3. The van der Waals surface area contributed by atoms with Gasteiger partial charge < -0.3 is 0 Å². The van der Waals surface area contributed by atoms with Gasteiger partial charge in [0.2, 0.25) is 11.8 Å². The summed E-state index contributed by atoms with van der Waals surface area (Å²) in [5.74, 6) is -2.27. The Morgan fingerprint density at radius 3 is 2.41 bits per heavy atom. The summed E-state index contributed by atoms with van der Waals surface area (Å²) in [5, 5.41) is 0. The minimum Gasteiger partial charge on any atom is -0.278 e. The van der Waals surface area contributed by atoms with E-state index in [0.717, 1.165) is 22.6 Å². The number of hydrogen-bond donors (Lipinski definition) is 0. The number of rotatable bonds is 3. The Hall–Kier alpha value is -2.70. The van der Waals surface area contributed by atoms with Gasteiger partial charge in [-0.15, -0.1) is 0 Å². The molecule has 27 heavy (non-hydrogen) atoms. The fourth-order valence-corrected chi connectivity index (χ4v) is 3.88. The first-order valence-electron chi connectivity index (χ1n) is 8.48. The van der Waals surface area contributed by atoms with Gasteiger partial charge in [0.1, 0.15) is 5.82 Å². The van der Waals surface area contributed by atoms with E-state index in [1.54, 1.807) is 24.3 Å². The molecular formula is C20H15F4NO2. The van der Waals surface area contributed by atoms with Crippen LogP contribution in [0, 0.1) is 11.2 Å². The average molecular weight is 377 g/mol. The predicted octanol–water partition coefficient (Wildman–Crippen LogP) is 4.28. The van der Waals surface area contributed by atoms with Crippen LogP contribution in [0.15, 0.2) is 48.5 Å². The van der Waals surface area contributed by atoms with Crippen molar-refractivity contribution in [1.82, 2.24) is 4.90 Å². The van der Waals surface area contributed by atoms with E-state index in [1.807, 2.05) is 6.07 Å². The number of halogens is 4. The van der Waals surface area contributed by atoms with Gasteiger partial charge in [-0.05, 0) is 29.7 Å². The van der Waals surface area contributed by atoms with Crippen LogP contribution in [0.4, 0.5) is 17.6 Å². The highest BCUT2D eigenvalue weighted by Gasteiger charge is 2.67. The van der Waals surface area contributed by atoms with Gasteiger partial charge >= 0.3 is 6.18 Å². The summed E-state index contributed by atoms with van der Waals surface area (Å²) in [6, 6.07) is 11.4. The zero-order valence-corrected chi connectivity index (χ0v) is 14.1. The molecule has 0 N–H and O–H groups in total. The van der Waals surface area contributed by atoms with Crippen molar-refractivity contribution in [2.45, 2.75) is 31.5 Å². The number of hydrogen-bond acceptors (Lipinski definition) is 2. The molecule has 1 unspecified atom stereocenters. The molecule has 2 fully saturated rings. The van der Waals surface area contributed by atoms with Gasteiger partial charge in [0.15, 0.2) is 0 Å². The van der Waals surface area contributed by atoms with Crippen molar-refractivity contribution in [1.29, 1.82) is 0 Å². The van der Waals surface area contributed by atoms with E-state index in [1.165, 1.54) is 0 Å². The Bertz CT molecular complexity index is 925. The van der Waals surface area contributed by atoms with Crippen molar-refractivity contribution in [3.8, 4) is 0 Å². The Kier molecular flexibility index (Phi) is 3.87. The fourth-order valence-electron chi connectivity index (χ4n) is 3.88. The summed E-state index contributed by atoms with van der Waals surface area (Å²) < 4.78 is 52.4. The monoisotopic (exact) mass is 377 g/mol. The van der Waals surface area contributed by atoms with Crippen molar-refractivity contribution in [2.24, 2.45) is 5.41 Å². The SMILES string of the molecule is O=C1CC2(C[C@H]2c2ccc(C(F)(F)F)cc2F)C(=O)N1Cc1ccccc1. The quantitative estimate of drug-likeness (QED) is 0.592. The predicted molar refractivity (Wildman–Crippen MR) is 87.8 cm³/mol. The third kappa shape index (κ3) is 2.91. The zero-order chi connectivity index (χ0) is 19.4. The molecular weight excluding hydrogens is 362 g/mol. The number of carbonyl (C=O) groups is 2. The summed E-state index contributed by atoms with van der Waals surface area (Å²) in [6.07, 6.45) is -4.40. The molecule has 1 aliphatic heterocycles. The highest BCUT2D eigenvalue weighted by Crippen LogP contribution is 2.65. The lowest BCUT2D eigenvalue weighted by molar-refractivity contribution is -0.141. The van der Waals surface area contributed by atoms with Crippen molar-refractivity contribution in [3.05, 3.63) is 71.0 Å². The van der Waals surface area contributed by atoms with Crippen LogP contribution in [0.2, 0.25) is 0 Å². The highest BCUT2D eigenvalue weighted by molar-refractivity contribution is 6.08. The minimum absolute atomic E-state index is 0.0379. The lowest BCUT2D eigenvalue weighted by atomic mass is 9.96. The molecule has 0 aromatic heterocycles. The van der Waals surface area contributed by atoms with Crippen LogP contribution in [0.3, 0.4) is 0 Å². The third-order valence-corrected chi connectivity index (χ3v) is 5.40. The van der Waals surface area contributed by atoms with Gasteiger partial charge in [-0.3, -0.25) is 14.5 Å². The lowest BCUT2D eigenvalue weighted by Crippen LogP contribution is -2.30. The first-order chi connectivity index (χ1) is 12.7. The maximum Gasteiger partial charge on any atom is 0.416 e. The first kappa shape index (κ1) is 17.7. The first-order valence-corrected chi connectivity index (χ1v) is 8.48. The van der Waals surface area contributed by atoms with Crippen LogP contribution in [-0.2, 0) is 22.3 Å². The maximum absolute atomic E-state index is 14.3. The molecule has 0 bridgehead atoms. The standard InChI is InChI=1S/C20H15F4NO2/c21-16-8-13(20(22,23)24)6-7-14(16)15-9-19(15)10-17(26)25(18(19)27)11-12-4-2-1-3-5-12/h1-8,15H,9-11H2/t15-,19?/m0/s1. The van der Waals surface area contributed by atoms with E-state index in [-0.39, 0.29) is 36.8 Å². The number of nitrogens with zero attached hydrogens (tertiary/aromatic N) is 1. The van der Waals surface area contributed by atoms with E-state index in [2.05, 4.69) is 0 Å². The van der Waals surface area contributed by atoms with E-state index in [4.69, 9.17) is 0 Å². The second-order valence-electron chi connectivity index (χ2n) is 7.09. The second kappa shape index (κ2) is 5.90. The number of imide groups is 1. The second-order valence-corrected chi connectivity index (χ2v) is 7.09. The summed E-state index contributed by atoms with van der Waals surface area (Å²) in [7, 11) is 0. The molecule has 2 aliphatic rings. The average Bonchev–Trinajstić information content (AvgIpc) is 3.28. The van der Waals surface area contributed by atoms with Crippen LogP contribution >= 0.6 is 0 Å². The highest BCUT2D eigenvalue weighted by atomic mass is 19.4. The zero-order valence-electron chi connectivity index (χ0n) is 14.1. The Balaban J connectivity index is 1.57. The normalized spacial score (nSPS) is 24.7. The summed E-state index contributed by atoms with van der Waals surface area (Å²) in [4.78, 5) is 26.3. The molecule has 4 rings (SSSR count). The van der Waals surface area contributed by atoms with Crippen molar-refractivity contribution in [3.63, 3.8) is 0 Å². The minimum atomic E-state index is -4.63. The number of carbonyl (C=O) groups excluding carboxylic acids is 2. The molecule has 2 atom stereocenters. The molecule has 7 heteroatoms. The molecule has 1 spiro atoms. The molecule has 1 saturated heterocycles. The van der Waals surface area contributed by atoms with Crippen LogP contribution in [0.5, 0.6) is 0 Å². The topological polar surface area (TPSA) is 37.4 Å². The van der Waals surface area contributed by atoms with Crippen LogP contribution in [0.1, 0.15) is 35.4 Å². The molecule has 3 nitrogen and oxygen atoms in total. The Labute approximate surface area is 152 Å². The molecule has 2 amide bonds. The van der Waals surface area contributed by atoms with E-state index < -0.39 is 28.9 Å².